The zero-order valence-electron chi connectivity index (χ0n) is 11.5. The first-order chi connectivity index (χ1) is 9.90. The van der Waals surface area contributed by atoms with Crippen LogP contribution in [-0.2, 0) is 27.7 Å². The summed E-state index contributed by atoms with van der Waals surface area (Å²) < 4.78 is 26.7. The van der Waals surface area contributed by atoms with Crippen molar-refractivity contribution in [2.75, 3.05) is 4.72 Å². The molecular weight excluding hydrogens is 292 g/mol. The molecular formula is C13H16N4O3S. The summed E-state index contributed by atoms with van der Waals surface area (Å²) in [5, 5.41) is 0.0144. The molecule has 1 amide bonds. The summed E-state index contributed by atoms with van der Waals surface area (Å²) in [6.07, 6.45) is 2.02. The summed E-state index contributed by atoms with van der Waals surface area (Å²) in [4.78, 5) is 17.5. The molecule has 0 spiro atoms. The number of nitrogens with one attached hydrogen (secondary N) is 2. The molecule has 7 nitrogen and oxygen atoms in total. The van der Waals surface area contributed by atoms with Crippen molar-refractivity contribution in [1.29, 1.82) is 0 Å². The van der Waals surface area contributed by atoms with Crippen LogP contribution in [0.15, 0.2) is 35.5 Å². The van der Waals surface area contributed by atoms with E-state index in [1.807, 2.05) is 6.92 Å². The summed E-state index contributed by atoms with van der Waals surface area (Å²) in [5.74, 6) is 0.167. The molecule has 4 N–H and O–H groups in total. The maximum absolute atomic E-state index is 12.1. The van der Waals surface area contributed by atoms with Crippen LogP contribution in [-0.4, -0.2) is 24.3 Å². The fourth-order valence-electron chi connectivity index (χ4n) is 1.76. The number of hydrogen-bond donors (Lipinski definition) is 3. The Bertz CT molecular complexity index is 735. The molecule has 2 rings (SSSR count). The molecule has 112 valence electrons. The van der Waals surface area contributed by atoms with Gasteiger partial charge in [0.15, 0.2) is 5.03 Å². The molecule has 0 aliphatic carbocycles. The highest BCUT2D eigenvalue weighted by Gasteiger charge is 2.17. The van der Waals surface area contributed by atoms with Gasteiger partial charge in [0.25, 0.3) is 10.0 Å². The van der Waals surface area contributed by atoms with Gasteiger partial charge in [-0.3, -0.25) is 9.52 Å². The quantitative estimate of drug-likeness (QED) is 0.731. The molecule has 0 aliphatic rings. The number of anilines is 1. The molecule has 0 saturated heterocycles. The first kappa shape index (κ1) is 15.0. The van der Waals surface area contributed by atoms with Gasteiger partial charge in [-0.25, -0.2) is 4.98 Å². The van der Waals surface area contributed by atoms with Gasteiger partial charge in [-0.2, -0.15) is 8.42 Å². The zero-order chi connectivity index (χ0) is 15.5. The Morgan fingerprint density at radius 1 is 1.33 bits per heavy atom. The summed E-state index contributed by atoms with van der Waals surface area (Å²) in [5.41, 5.74) is 6.22. The smallest absolute Gasteiger partial charge is 0.278 e. The molecule has 0 aliphatic heterocycles. The Hall–Kier alpha value is -2.35. The van der Waals surface area contributed by atoms with Crippen molar-refractivity contribution in [3.8, 4) is 0 Å². The van der Waals surface area contributed by atoms with Crippen LogP contribution >= 0.6 is 0 Å². The Morgan fingerprint density at radius 2 is 2.00 bits per heavy atom. The highest BCUT2D eigenvalue weighted by Crippen LogP contribution is 2.15. The Labute approximate surface area is 122 Å². The maximum atomic E-state index is 12.1. The molecule has 0 atom stereocenters. The number of imidazole rings is 1. The number of nitrogens with two attached hydrogens (primary N) is 1. The van der Waals surface area contributed by atoms with E-state index < -0.39 is 15.9 Å². The number of aromatic amines is 1. The van der Waals surface area contributed by atoms with Crippen molar-refractivity contribution in [3.05, 3.63) is 41.9 Å². The fraction of sp³-hybridized carbons (Fsp3) is 0.231. The Balaban J connectivity index is 2.14. The van der Waals surface area contributed by atoms with Crippen LogP contribution in [0.3, 0.4) is 0 Å². The SMILES string of the molecule is CCc1ncc(S(=O)(=O)Nc2ccc(CC(N)=O)cc2)[nH]1. The van der Waals surface area contributed by atoms with Crippen molar-refractivity contribution in [1.82, 2.24) is 9.97 Å². The number of carbonyl (C=O) groups excluding carboxylic acids is 1. The van der Waals surface area contributed by atoms with Crippen LogP contribution in [0.4, 0.5) is 5.69 Å². The molecule has 0 unspecified atom stereocenters. The lowest BCUT2D eigenvalue weighted by Gasteiger charge is -2.07. The maximum Gasteiger partial charge on any atom is 0.278 e. The lowest BCUT2D eigenvalue weighted by molar-refractivity contribution is -0.117. The average molecular weight is 308 g/mol. The second-order valence-corrected chi connectivity index (χ2v) is 6.14. The molecule has 0 radical (unpaired) electrons. The molecule has 2 aromatic rings. The van der Waals surface area contributed by atoms with Gasteiger partial charge >= 0.3 is 0 Å². The van der Waals surface area contributed by atoms with Gasteiger partial charge in [0, 0.05) is 12.1 Å². The molecule has 21 heavy (non-hydrogen) atoms. The lowest BCUT2D eigenvalue weighted by atomic mass is 10.1. The molecule has 1 aromatic carbocycles. The first-order valence-corrected chi connectivity index (χ1v) is 7.83. The standard InChI is InChI=1S/C13H16N4O3S/c1-2-12-15-8-13(16-12)21(19,20)17-10-5-3-9(4-6-10)7-11(14)18/h3-6,8,17H,2,7H2,1H3,(H2,14,18)(H,15,16). The van der Waals surface area contributed by atoms with E-state index in [0.717, 1.165) is 5.56 Å². The van der Waals surface area contributed by atoms with E-state index >= 15 is 0 Å². The average Bonchev–Trinajstić information content (AvgIpc) is 2.90. The minimum Gasteiger partial charge on any atom is -0.369 e. The molecule has 1 heterocycles. The van der Waals surface area contributed by atoms with E-state index in [1.54, 1.807) is 24.3 Å². The van der Waals surface area contributed by atoms with Crippen molar-refractivity contribution in [2.45, 2.75) is 24.8 Å². The minimum atomic E-state index is -3.70. The number of aromatic nitrogens is 2. The first-order valence-electron chi connectivity index (χ1n) is 6.34. The summed E-state index contributed by atoms with van der Waals surface area (Å²) in [6, 6.07) is 6.44. The van der Waals surface area contributed by atoms with Gasteiger partial charge in [0.1, 0.15) is 5.82 Å². The van der Waals surface area contributed by atoms with E-state index in [-0.39, 0.29) is 11.4 Å². The second-order valence-electron chi connectivity index (χ2n) is 4.49. The van der Waals surface area contributed by atoms with Crippen molar-refractivity contribution < 1.29 is 13.2 Å². The molecule has 8 heteroatoms. The number of amides is 1. The van der Waals surface area contributed by atoms with Crippen LogP contribution in [0.5, 0.6) is 0 Å². The molecule has 0 saturated carbocycles. The third kappa shape index (κ3) is 3.82. The van der Waals surface area contributed by atoms with Crippen molar-refractivity contribution in [2.24, 2.45) is 5.73 Å². The van der Waals surface area contributed by atoms with E-state index in [9.17, 15) is 13.2 Å². The fourth-order valence-corrected chi connectivity index (χ4v) is 2.76. The third-order valence-electron chi connectivity index (χ3n) is 2.81. The zero-order valence-corrected chi connectivity index (χ0v) is 12.3. The number of carbonyl (C=O) groups is 1. The van der Waals surface area contributed by atoms with Gasteiger partial charge < -0.3 is 10.7 Å². The van der Waals surface area contributed by atoms with Crippen LogP contribution in [0, 0.1) is 0 Å². The summed E-state index contributed by atoms with van der Waals surface area (Å²) in [7, 11) is -3.70. The predicted octanol–water partition coefficient (Wildman–Crippen LogP) is 0.801. The van der Waals surface area contributed by atoms with E-state index in [1.165, 1.54) is 6.20 Å². The Morgan fingerprint density at radius 3 is 2.52 bits per heavy atom. The number of hydrogen-bond acceptors (Lipinski definition) is 4. The topological polar surface area (TPSA) is 118 Å². The van der Waals surface area contributed by atoms with E-state index in [4.69, 9.17) is 5.73 Å². The third-order valence-corrected chi connectivity index (χ3v) is 4.10. The number of H-pyrrole nitrogens is 1. The van der Waals surface area contributed by atoms with Gasteiger partial charge in [0.2, 0.25) is 5.91 Å². The molecule has 0 fully saturated rings. The normalized spacial score (nSPS) is 11.3. The minimum absolute atomic E-state index is 0.0144. The van der Waals surface area contributed by atoms with Crippen LogP contribution in [0.2, 0.25) is 0 Å². The van der Waals surface area contributed by atoms with Gasteiger partial charge in [-0.15, -0.1) is 0 Å². The number of nitrogens with zero attached hydrogens (tertiary/aromatic N) is 1. The Kier molecular flexibility index (Phi) is 4.27. The monoisotopic (exact) mass is 308 g/mol. The van der Waals surface area contributed by atoms with Gasteiger partial charge in [-0.1, -0.05) is 19.1 Å². The second kappa shape index (κ2) is 5.96. The number of primary amides is 1. The number of benzene rings is 1. The van der Waals surface area contributed by atoms with Crippen LogP contribution in [0.1, 0.15) is 18.3 Å². The van der Waals surface area contributed by atoms with E-state index in [0.29, 0.717) is 17.9 Å². The summed E-state index contributed by atoms with van der Waals surface area (Å²) >= 11 is 0. The highest BCUT2D eigenvalue weighted by atomic mass is 32.2. The number of sulfonamides is 1. The summed E-state index contributed by atoms with van der Waals surface area (Å²) in [6.45, 7) is 1.88. The van der Waals surface area contributed by atoms with Crippen molar-refractivity contribution >= 4 is 21.6 Å². The van der Waals surface area contributed by atoms with Crippen LogP contribution in [0.25, 0.3) is 0 Å². The number of aryl methyl sites for hydroxylation is 1. The molecule has 0 bridgehead atoms. The van der Waals surface area contributed by atoms with Gasteiger partial charge in [-0.05, 0) is 17.7 Å². The molecule has 1 aromatic heterocycles. The van der Waals surface area contributed by atoms with Crippen molar-refractivity contribution in [3.63, 3.8) is 0 Å². The van der Waals surface area contributed by atoms with Crippen LogP contribution < -0.4 is 10.5 Å². The van der Waals surface area contributed by atoms with Gasteiger partial charge in [0.05, 0.1) is 12.6 Å². The largest absolute Gasteiger partial charge is 0.369 e. The highest BCUT2D eigenvalue weighted by molar-refractivity contribution is 7.92. The predicted molar refractivity (Wildman–Crippen MR) is 78.1 cm³/mol. The lowest BCUT2D eigenvalue weighted by Crippen LogP contribution is -2.15. The van der Waals surface area contributed by atoms with E-state index in [2.05, 4.69) is 14.7 Å². The number of rotatable bonds is 6.